The summed E-state index contributed by atoms with van der Waals surface area (Å²) >= 11 is 1.47. The van der Waals surface area contributed by atoms with Gasteiger partial charge in [0.25, 0.3) is 0 Å². The van der Waals surface area contributed by atoms with Crippen molar-refractivity contribution in [3.8, 4) is 11.4 Å². The van der Waals surface area contributed by atoms with Gasteiger partial charge in [0.15, 0.2) is 11.0 Å². The Balaban J connectivity index is 2.15. The van der Waals surface area contributed by atoms with Gasteiger partial charge in [-0.25, -0.2) is 4.98 Å². The van der Waals surface area contributed by atoms with E-state index in [1.807, 2.05) is 36.9 Å². The number of hydrogen-bond acceptors (Lipinski definition) is 6. The van der Waals surface area contributed by atoms with Crippen molar-refractivity contribution < 1.29 is 0 Å². The molecule has 0 aliphatic rings. The monoisotopic (exact) mass is 260 g/mol. The molecule has 0 amide bonds. The van der Waals surface area contributed by atoms with Gasteiger partial charge in [-0.2, -0.15) is 0 Å². The number of thiazole rings is 1. The van der Waals surface area contributed by atoms with Crippen molar-refractivity contribution in [3.63, 3.8) is 0 Å². The standard InChI is InChI=1S/C11H12N6S/c1-13-11-16-15-9(17(11)2)6-3-4-7-8(5-6)18-10(12)14-7/h3-5H,1-2H3,(H2,12,14)(H,13,16). The highest BCUT2D eigenvalue weighted by atomic mass is 32.1. The van der Waals surface area contributed by atoms with Crippen LogP contribution in [0.4, 0.5) is 11.1 Å². The van der Waals surface area contributed by atoms with E-state index < -0.39 is 0 Å². The van der Waals surface area contributed by atoms with E-state index >= 15 is 0 Å². The summed E-state index contributed by atoms with van der Waals surface area (Å²) < 4.78 is 2.96. The van der Waals surface area contributed by atoms with Gasteiger partial charge in [0.1, 0.15) is 0 Å². The molecule has 0 aliphatic carbocycles. The highest BCUT2D eigenvalue weighted by molar-refractivity contribution is 7.22. The molecular formula is C11H12N6S. The molecule has 3 aromatic rings. The zero-order chi connectivity index (χ0) is 12.7. The van der Waals surface area contributed by atoms with Crippen molar-refractivity contribution in [2.75, 3.05) is 18.1 Å². The number of anilines is 2. The molecule has 6 nitrogen and oxygen atoms in total. The number of nitrogens with zero attached hydrogens (tertiary/aromatic N) is 4. The third kappa shape index (κ3) is 1.60. The Morgan fingerprint density at radius 2 is 2.17 bits per heavy atom. The molecule has 92 valence electrons. The molecule has 3 rings (SSSR count). The maximum Gasteiger partial charge on any atom is 0.224 e. The zero-order valence-corrected chi connectivity index (χ0v) is 10.8. The highest BCUT2D eigenvalue weighted by Crippen LogP contribution is 2.28. The van der Waals surface area contributed by atoms with Gasteiger partial charge in [0, 0.05) is 19.7 Å². The van der Waals surface area contributed by atoms with Gasteiger partial charge in [0.2, 0.25) is 5.95 Å². The van der Waals surface area contributed by atoms with Crippen molar-refractivity contribution in [2.45, 2.75) is 0 Å². The molecule has 2 heterocycles. The molecule has 0 saturated heterocycles. The predicted molar refractivity (Wildman–Crippen MR) is 73.6 cm³/mol. The molecule has 0 aliphatic heterocycles. The van der Waals surface area contributed by atoms with Crippen LogP contribution in [0.3, 0.4) is 0 Å². The first kappa shape index (κ1) is 11.0. The Kier molecular flexibility index (Phi) is 2.41. The first-order chi connectivity index (χ1) is 8.69. The van der Waals surface area contributed by atoms with E-state index in [-0.39, 0.29) is 0 Å². The molecule has 3 N–H and O–H groups in total. The van der Waals surface area contributed by atoms with E-state index in [9.17, 15) is 0 Å². The Hall–Kier alpha value is -2.15. The Morgan fingerprint density at radius 1 is 1.33 bits per heavy atom. The summed E-state index contributed by atoms with van der Waals surface area (Å²) in [6, 6.07) is 5.96. The molecule has 0 atom stereocenters. The van der Waals surface area contributed by atoms with E-state index in [0.29, 0.717) is 5.13 Å². The fourth-order valence-electron chi connectivity index (χ4n) is 1.88. The van der Waals surface area contributed by atoms with Crippen LogP contribution < -0.4 is 11.1 Å². The van der Waals surface area contributed by atoms with Crippen molar-refractivity contribution in [3.05, 3.63) is 18.2 Å². The average Bonchev–Trinajstić information content (AvgIpc) is 2.89. The average molecular weight is 260 g/mol. The molecule has 0 unspecified atom stereocenters. The summed E-state index contributed by atoms with van der Waals surface area (Å²) in [5, 5.41) is 11.8. The summed E-state index contributed by atoms with van der Waals surface area (Å²) in [5.41, 5.74) is 7.62. The predicted octanol–water partition coefficient (Wildman–Crippen LogP) is 1.72. The smallest absolute Gasteiger partial charge is 0.224 e. The third-order valence-corrected chi connectivity index (χ3v) is 3.61. The lowest BCUT2D eigenvalue weighted by Crippen LogP contribution is -1.99. The van der Waals surface area contributed by atoms with E-state index in [1.165, 1.54) is 11.3 Å². The van der Waals surface area contributed by atoms with Crippen LogP contribution in [0.15, 0.2) is 18.2 Å². The number of hydrogen-bond donors (Lipinski definition) is 2. The summed E-state index contributed by atoms with van der Waals surface area (Å²) in [7, 11) is 3.74. The van der Waals surface area contributed by atoms with Crippen molar-refractivity contribution in [1.82, 2.24) is 19.7 Å². The fraction of sp³-hybridized carbons (Fsp3) is 0.182. The molecule has 2 aromatic heterocycles. The normalized spacial score (nSPS) is 11.0. The highest BCUT2D eigenvalue weighted by Gasteiger charge is 2.11. The van der Waals surface area contributed by atoms with Gasteiger partial charge < -0.3 is 11.1 Å². The second-order valence-corrected chi connectivity index (χ2v) is 4.95. The van der Waals surface area contributed by atoms with Crippen molar-refractivity contribution in [2.24, 2.45) is 7.05 Å². The molecule has 0 radical (unpaired) electrons. The molecular weight excluding hydrogens is 248 g/mol. The van der Waals surface area contributed by atoms with Gasteiger partial charge in [-0.05, 0) is 18.2 Å². The molecule has 0 bridgehead atoms. The van der Waals surface area contributed by atoms with Crippen LogP contribution in [0.5, 0.6) is 0 Å². The lowest BCUT2D eigenvalue weighted by atomic mass is 10.2. The summed E-state index contributed by atoms with van der Waals surface area (Å²) in [6.45, 7) is 0. The van der Waals surface area contributed by atoms with Crippen LogP contribution in [-0.4, -0.2) is 26.8 Å². The minimum absolute atomic E-state index is 0.580. The number of aromatic nitrogens is 4. The number of rotatable bonds is 2. The lowest BCUT2D eigenvalue weighted by Gasteiger charge is -2.02. The van der Waals surface area contributed by atoms with Gasteiger partial charge in [-0.15, -0.1) is 10.2 Å². The van der Waals surface area contributed by atoms with Gasteiger partial charge in [-0.3, -0.25) is 4.57 Å². The van der Waals surface area contributed by atoms with Crippen LogP contribution in [0.25, 0.3) is 21.6 Å². The van der Waals surface area contributed by atoms with E-state index in [2.05, 4.69) is 20.5 Å². The molecule has 0 fully saturated rings. The largest absolute Gasteiger partial charge is 0.375 e. The molecule has 18 heavy (non-hydrogen) atoms. The second kappa shape index (κ2) is 3.95. The van der Waals surface area contributed by atoms with Gasteiger partial charge in [-0.1, -0.05) is 11.3 Å². The second-order valence-electron chi connectivity index (χ2n) is 3.89. The van der Waals surface area contributed by atoms with Crippen molar-refractivity contribution >= 4 is 32.6 Å². The SMILES string of the molecule is CNc1nnc(-c2ccc3nc(N)sc3c2)n1C. The molecule has 0 saturated carbocycles. The van der Waals surface area contributed by atoms with Crippen LogP contribution in [0.1, 0.15) is 0 Å². The quantitative estimate of drug-likeness (QED) is 0.733. The number of fused-ring (bicyclic) bond motifs is 1. The molecule has 7 heteroatoms. The first-order valence-electron chi connectivity index (χ1n) is 5.42. The van der Waals surface area contributed by atoms with Crippen LogP contribution in [0, 0.1) is 0 Å². The topological polar surface area (TPSA) is 81.7 Å². The maximum absolute atomic E-state index is 5.70. The maximum atomic E-state index is 5.70. The minimum atomic E-state index is 0.580. The third-order valence-electron chi connectivity index (χ3n) is 2.76. The zero-order valence-electron chi connectivity index (χ0n) is 10.0. The van der Waals surface area contributed by atoms with Gasteiger partial charge >= 0.3 is 0 Å². The number of nitrogens with two attached hydrogens (primary N) is 1. The van der Waals surface area contributed by atoms with Crippen LogP contribution in [0.2, 0.25) is 0 Å². The van der Waals surface area contributed by atoms with Crippen LogP contribution >= 0.6 is 11.3 Å². The number of nitrogens with one attached hydrogen (secondary N) is 1. The van der Waals surface area contributed by atoms with E-state index in [1.54, 1.807) is 0 Å². The fourth-order valence-corrected chi connectivity index (χ4v) is 2.65. The molecule has 1 aromatic carbocycles. The summed E-state index contributed by atoms with van der Waals surface area (Å²) in [5.74, 6) is 1.54. The molecule has 0 spiro atoms. The van der Waals surface area contributed by atoms with Gasteiger partial charge in [0.05, 0.1) is 10.2 Å². The number of benzene rings is 1. The Morgan fingerprint density at radius 3 is 2.89 bits per heavy atom. The van der Waals surface area contributed by atoms with E-state index in [0.717, 1.165) is 27.6 Å². The number of nitrogen functional groups attached to an aromatic ring is 1. The Labute approximate surface area is 107 Å². The summed E-state index contributed by atoms with van der Waals surface area (Å²) in [6.07, 6.45) is 0. The first-order valence-corrected chi connectivity index (χ1v) is 6.24. The minimum Gasteiger partial charge on any atom is -0.375 e. The summed E-state index contributed by atoms with van der Waals surface area (Å²) in [4.78, 5) is 4.23. The lowest BCUT2D eigenvalue weighted by molar-refractivity contribution is 0.925. The van der Waals surface area contributed by atoms with E-state index in [4.69, 9.17) is 5.73 Å². The Bertz CT molecular complexity index is 713. The van der Waals surface area contributed by atoms with Crippen molar-refractivity contribution in [1.29, 1.82) is 0 Å². The van der Waals surface area contributed by atoms with Crippen LogP contribution in [-0.2, 0) is 7.05 Å².